The predicted octanol–water partition coefficient (Wildman–Crippen LogP) is 6.29. The van der Waals surface area contributed by atoms with E-state index in [-0.39, 0.29) is 12.1 Å². The largest absolute Gasteiger partial charge is 0.378 e. The Labute approximate surface area is 219 Å². The molecule has 2 aliphatic rings. The van der Waals surface area contributed by atoms with Crippen molar-refractivity contribution in [2.24, 2.45) is 17.6 Å². The maximum absolute atomic E-state index is 10.9. The first-order valence-electron chi connectivity index (χ1n) is 12.2. The number of aromatic nitrogens is 1. The molecule has 2 heterocycles. The van der Waals surface area contributed by atoms with Gasteiger partial charge in [-0.15, -0.1) is 0 Å². The van der Waals surface area contributed by atoms with Crippen molar-refractivity contribution in [3.8, 4) is 0 Å². The van der Waals surface area contributed by atoms with Crippen LogP contribution in [0.1, 0.15) is 67.3 Å². The number of benzene rings is 1. The second-order valence-electron chi connectivity index (χ2n) is 9.58. The molecule has 1 aliphatic carbocycles. The van der Waals surface area contributed by atoms with Gasteiger partial charge in [0.05, 0.1) is 5.69 Å². The van der Waals surface area contributed by atoms with E-state index in [1.54, 1.807) is 0 Å². The zero-order valence-electron chi connectivity index (χ0n) is 19.2. The van der Waals surface area contributed by atoms with Crippen LogP contribution in [0, 0.1) is 11.8 Å². The predicted molar refractivity (Wildman–Crippen MR) is 143 cm³/mol. The number of nitrogens with two attached hydrogens (primary N) is 1. The Morgan fingerprint density at radius 3 is 2.61 bits per heavy atom. The molecule has 1 aromatic heterocycles. The number of likely N-dealkylation sites (tertiary alicyclic amines) is 1. The summed E-state index contributed by atoms with van der Waals surface area (Å²) in [6.45, 7) is 4.70. The van der Waals surface area contributed by atoms with Crippen LogP contribution in [0.4, 0.5) is 0 Å². The Kier molecular flexibility index (Phi) is 8.91. The van der Waals surface area contributed by atoms with Crippen LogP contribution in [-0.4, -0.2) is 40.9 Å². The lowest BCUT2D eigenvalue weighted by atomic mass is 9.76. The van der Waals surface area contributed by atoms with Gasteiger partial charge < -0.3 is 10.8 Å². The molecule has 3 N–H and O–H groups in total. The summed E-state index contributed by atoms with van der Waals surface area (Å²) in [7, 11) is 0. The minimum absolute atomic E-state index is 0.233. The molecule has 0 spiro atoms. The van der Waals surface area contributed by atoms with E-state index in [4.69, 9.17) is 22.3 Å². The summed E-state index contributed by atoms with van der Waals surface area (Å²) in [6.07, 6.45) is 8.44. The number of rotatable bonds is 7. The number of pyridine rings is 1. The fourth-order valence-electron chi connectivity index (χ4n) is 5.75. The lowest BCUT2D eigenvalue weighted by Crippen LogP contribution is -2.43. The van der Waals surface area contributed by atoms with Gasteiger partial charge in [0, 0.05) is 39.2 Å². The Hall–Kier alpha value is -0.500. The third kappa shape index (κ3) is 5.84. The number of nitrogens with zero attached hydrogens (tertiary/aromatic N) is 2. The average Bonchev–Trinajstić information content (AvgIpc) is 2.95. The molecule has 33 heavy (non-hydrogen) atoms. The van der Waals surface area contributed by atoms with Gasteiger partial charge in [-0.1, -0.05) is 40.9 Å². The lowest BCUT2D eigenvalue weighted by molar-refractivity contribution is -0.0337. The summed E-state index contributed by atoms with van der Waals surface area (Å²) in [5.74, 6) is 1.20. The van der Waals surface area contributed by atoms with Gasteiger partial charge in [0.15, 0.2) is 0 Å². The van der Waals surface area contributed by atoms with Gasteiger partial charge in [-0.3, -0.25) is 9.88 Å². The summed E-state index contributed by atoms with van der Waals surface area (Å²) >= 11 is 13.9. The van der Waals surface area contributed by atoms with Gasteiger partial charge >= 0.3 is 0 Å². The molecule has 0 amide bonds. The number of aliphatic hydroxyl groups is 1. The molecule has 2 aromatic rings. The first-order valence-corrected chi connectivity index (χ1v) is 14.1. The lowest BCUT2D eigenvalue weighted by Gasteiger charge is -2.39. The van der Waals surface area contributed by atoms with E-state index in [1.807, 2.05) is 12.3 Å². The molecule has 1 aliphatic heterocycles. The number of hydrogen-bond acceptors (Lipinski definition) is 4. The van der Waals surface area contributed by atoms with Crippen molar-refractivity contribution in [1.82, 2.24) is 9.88 Å². The van der Waals surface area contributed by atoms with Crippen molar-refractivity contribution in [3.63, 3.8) is 0 Å². The van der Waals surface area contributed by atoms with E-state index in [2.05, 4.69) is 55.8 Å². The van der Waals surface area contributed by atoms with Crippen LogP contribution in [0.15, 0.2) is 33.3 Å². The SMILES string of the molecule is CCC(CCN)CC(O)N1CCC([C@H]2c3ncc(Br)cc3CCc3cc(Cl)cc(Br)c32)CC1. The van der Waals surface area contributed by atoms with Gasteiger partial charge in [-0.25, -0.2) is 0 Å². The molecule has 0 saturated carbocycles. The Morgan fingerprint density at radius 2 is 1.91 bits per heavy atom. The Bertz CT molecular complexity index is 965. The summed E-state index contributed by atoms with van der Waals surface area (Å²) < 4.78 is 2.12. The van der Waals surface area contributed by atoms with Gasteiger partial charge in [0.1, 0.15) is 6.23 Å². The van der Waals surface area contributed by atoms with E-state index in [9.17, 15) is 5.11 Å². The second kappa shape index (κ2) is 11.5. The molecule has 7 heteroatoms. The van der Waals surface area contributed by atoms with Crippen molar-refractivity contribution in [2.75, 3.05) is 19.6 Å². The van der Waals surface area contributed by atoms with Crippen LogP contribution in [0.25, 0.3) is 0 Å². The molecular weight excluding hydrogens is 566 g/mol. The maximum atomic E-state index is 10.9. The smallest absolute Gasteiger partial charge is 0.107 e. The highest BCUT2D eigenvalue weighted by atomic mass is 79.9. The monoisotopic (exact) mass is 597 g/mol. The van der Waals surface area contributed by atoms with Crippen molar-refractivity contribution in [1.29, 1.82) is 0 Å². The minimum Gasteiger partial charge on any atom is -0.378 e. The number of fused-ring (bicyclic) bond motifs is 2. The normalized spacial score (nSPS) is 21.2. The van der Waals surface area contributed by atoms with E-state index in [0.717, 1.165) is 72.0 Å². The summed E-state index contributed by atoms with van der Waals surface area (Å²) in [4.78, 5) is 7.21. The molecule has 4 rings (SSSR count). The third-order valence-corrected chi connectivity index (χ3v) is 8.89. The molecule has 3 atom stereocenters. The molecular formula is C26H34Br2ClN3O. The first kappa shape index (κ1) is 25.6. The van der Waals surface area contributed by atoms with E-state index >= 15 is 0 Å². The highest BCUT2D eigenvalue weighted by Crippen LogP contribution is 2.46. The average molecular weight is 600 g/mol. The number of aryl methyl sites for hydroxylation is 2. The van der Waals surface area contributed by atoms with Gasteiger partial charge in [-0.05, 0) is 108 Å². The molecule has 180 valence electrons. The molecule has 1 saturated heterocycles. The second-order valence-corrected chi connectivity index (χ2v) is 11.8. The minimum atomic E-state index is -0.379. The standard InChI is InChI=1S/C26H34Br2ClN3O/c1-2-16(5-8-30)11-23(33)32-9-6-17(7-10-32)25-24-18(13-21(29)14-22(24)28)3-4-19-12-20(27)15-31-26(19)25/h12-17,23,25,33H,2-11,30H2,1H3/t16?,23?,25-/m1/s1. The molecule has 0 radical (unpaired) electrons. The molecule has 1 aromatic carbocycles. The maximum Gasteiger partial charge on any atom is 0.107 e. The number of hydrogen-bond donors (Lipinski definition) is 2. The zero-order valence-corrected chi connectivity index (χ0v) is 23.2. The topological polar surface area (TPSA) is 62.4 Å². The number of aliphatic hydroxyl groups excluding tert-OH is 1. The van der Waals surface area contributed by atoms with Gasteiger partial charge in [0.25, 0.3) is 0 Å². The van der Waals surface area contributed by atoms with Gasteiger partial charge in [-0.2, -0.15) is 0 Å². The van der Waals surface area contributed by atoms with Crippen molar-refractivity contribution >= 4 is 43.5 Å². The highest BCUT2D eigenvalue weighted by molar-refractivity contribution is 9.10. The van der Waals surface area contributed by atoms with Crippen LogP contribution < -0.4 is 5.73 Å². The van der Waals surface area contributed by atoms with Crippen molar-refractivity contribution in [3.05, 3.63) is 60.7 Å². The highest BCUT2D eigenvalue weighted by Gasteiger charge is 2.36. The molecule has 1 fully saturated rings. The van der Waals surface area contributed by atoms with E-state index < -0.39 is 0 Å². The summed E-state index contributed by atoms with van der Waals surface area (Å²) in [5, 5.41) is 11.7. The van der Waals surface area contributed by atoms with Crippen LogP contribution >= 0.6 is 43.5 Å². The van der Waals surface area contributed by atoms with Crippen LogP contribution in [-0.2, 0) is 12.8 Å². The summed E-state index contributed by atoms with van der Waals surface area (Å²) in [6, 6.07) is 6.40. The van der Waals surface area contributed by atoms with Crippen LogP contribution in [0.5, 0.6) is 0 Å². The molecule has 2 unspecified atom stereocenters. The number of halogens is 3. The molecule has 0 bridgehead atoms. The van der Waals surface area contributed by atoms with E-state index in [0.29, 0.717) is 18.4 Å². The third-order valence-electron chi connectivity index (χ3n) is 7.58. The van der Waals surface area contributed by atoms with E-state index in [1.165, 1.54) is 22.4 Å². The van der Waals surface area contributed by atoms with Gasteiger partial charge in [0.2, 0.25) is 0 Å². The number of piperidine rings is 1. The Morgan fingerprint density at radius 1 is 1.18 bits per heavy atom. The van der Waals surface area contributed by atoms with Crippen LogP contribution in [0.2, 0.25) is 5.02 Å². The fourth-order valence-corrected chi connectivity index (χ4v) is 7.25. The first-order chi connectivity index (χ1) is 15.9. The zero-order chi connectivity index (χ0) is 23.5. The molecule has 4 nitrogen and oxygen atoms in total. The van der Waals surface area contributed by atoms with Crippen molar-refractivity contribution < 1.29 is 5.11 Å². The van der Waals surface area contributed by atoms with Crippen LogP contribution in [0.3, 0.4) is 0 Å². The quantitative estimate of drug-likeness (QED) is 0.393. The summed E-state index contributed by atoms with van der Waals surface area (Å²) in [5.41, 5.74) is 11.0. The Balaban J connectivity index is 1.58. The van der Waals surface area contributed by atoms with Crippen molar-refractivity contribution in [2.45, 2.75) is 64.0 Å². The fraction of sp³-hybridized carbons (Fsp3) is 0.577.